The van der Waals surface area contributed by atoms with Crippen molar-refractivity contribution in [1.29, 1.82) is 0 Å². The minimum absolute atomic E-state index is 0.0689. The van der Waals surface area contributed by atoms with Crippen molar-refractivity contribution in [3.8, 4) is 0 Å². The summed E-state index contributed by atoms with van der Waals surface area (Å²) in [5.41, 5.74) is 14.0. The monoisotopic (exact) mass is 564 g/mol. The van der Waals surface area contributed by atoms with Crippen LogP contribution >= 0.6 is 0 Å². The van der Waals surface area contributed by atoms with Crippen molar-refractivity contribution in [3.63, 3.8) is 0 Å². The Morgan fingerprint density at radius 3 is 2.38 bits per heavy atom. The summed E-state index contributed by atoms with van der Waals surface area (Å²) in [6, 6.07) is 4.73. The predicted octanol–water partition coefficient (Wildman–Crippen LogP) is 10.3. The molecule has 42 heavy (non-hydrogen) atoms. The lowest BCUT2D eigenvalue weighted by molar-refractivity contribution is -0.155. The fraction of sp³-hybridized carbons (Fsp3) is 0.525. The molecule has 0 heterocycles. The minimum atomic E-state index is -0.221. The summed E-state index contributed by atoms with van der Waals surface area (Å²) in [4.78, 5) is 12.3. The molecule has 4 aliphatic rings. The Labute approximate surface area is 255 Å². The molecule has 4 aliphatic carbocycles. The van der Waals surface area contributed by atoms with Crippen LogP contribution in [0.3, 0.4) is 0 Å². The van der Waals surface area contributed by atoms with Crippen molar-refractivity contribution in [2.75, 3.05) is 6.61 Å². The molecular weight excluding hydrogens is 512 g/mol. The lowest BCUT2D eigenvalue weighted by Gasteiger charge is -2.71. The van der Waals surface area contributed by atoms with Crippen molar-refractivity contribution in [3.05, 3.63) is 99.7 Å². The molecule has 0 aliphatic heterocycles. The van der Waals surface area contributed by atoms with E-state index >= 15 is 0 Å². The van der Waals surface area contributed by atoms with Crippen molar-refractivity contribution in [2.24, 2.45) is 34.0 Å². The Hall–Kier alpha value is -2.87. The Morgan fingerprint density at radius 2 is 1.76 bits per heavy atom. The molecule has 7 unspecified atom stereocenters. The molecule has 1 fully saturated rings. The van der Waals surface area contributed by atoms with E-state index in [0.717, 1.165) is 24.8 Å². The van der Waals surface area contributed by atoms with Crippen molar-refractivity contribution in [2.45, 2.75) is 94.4 Å². The fourth-order valence-electron chi connectivity index (χ4n) is 10.4. The summed E-state index contributed by atoms with van der Waals surface area (Å²) in [6.45, 7) is 38.2. The van der Waals surface area contributed by atoms with Crippen LogP contribution in [-0.2, 0) is 16.0 Å². The second kappa shape index (κ2) is 10.1. The van der Waals surface area contributed by atoms with Gasteiger partial charge in [-0.15, -0.1) is 0 Å². The van der Waals surface area contributed by atoms with Gasteiger partial charge in [-0.1, -0.05) is 96.2 Å². The van der Waals surface area contributed by atoms with Gasteiger partial charge in [0.2, 0.25) is 0 Å². The molecule has 7 atom stereocenters. The third-order valence-corrected chi connectivity index (χ3v) is 13.1. The highest BCUT2D eigenvalue weighted by Gasteiger charge is 2.69. The van der Waals surface area contributed by atoms with Crippen molar-refractivity contribution in [1.82, 2.24) is 0 Å². The molecule has 0 N–H and O–H groups in total. The van der Waals surface area contributed by atoms with Gasteiger partial charge in [-0.25, -0.2) is 4.79 Å². The van der Waals surface area contributed by atoms with Crippen LogP contribution in [0.1, 0.15) is 103 Å². The zero-order valence-corrected chi connectivity index (χ0v) is 27.9. The van der Waals surface area contributed by atoms with Crippen LogP contribution in [0.5, 0.6) is 0 Å². The minimum Gasteiger partial charge on any atom is -0.462 e. The molecule has 2 heteroatoms. The number of esters is 1. The summed E-state index contributed by atoms with van der Waals surface area (Å²) in [5, 5.41) is 0. The quantitative estimate of drug-likeness (QED) is 0.333. The van der Waals surface area contributed by atoms with E-state index in [1.165, 1.54) is 50.1 Å². The number of carbonyl (C=O) groups is 1. The van der Waals surface area contributed by atoms with E-state index < -0.39 is 0 Å². The van der Waals surface area contributed by atoms with E-state index in [9.17, 15) is 4.79 Å². The van der Waals surface area contributed by atoms with Gasteiger partial charge in [0.25, 0.3) is 0 Å². The lowest BCUT2D eigenvalue weighted by Crippen LogP contribution is -2.65. The van der Waals surface area contributed by atoms with Gasteiger partial charge in [0, 0.05) is 5.41 Å². The maximum absolute atomic E-state index is 12.3. The summed E-state index contributed by atoms with van der Waals surface area (Å²) in [5.74, 6) is 1.36. The summed E-state index contributed by atoms with van der Waals surface area (Å²) in [6.07, 6.45) is 6.75. The van der Waals surface area contributed by atoms with Gasteiger partial charge in [0.15, 0.2) is 0 Å². The van der Waals surface area contributed by atoms with Crippen LogP contribution in [-0.4, -0.2) is 12.6 Å². The van der Waals surface area contributed by atoms with Crippen LogP contribution in [0.25, 0.3) is 5.57 Å². The molecule has 0 saturated heterocycles. The van der Waals surface area contributed by atoms with Gasteiger partial charge >= 0.3 is 5.97 Å². The maximum Gasteiger partial charge on any atom is 0.337 e. The highest BCUT2D eigenvalue weighted by Crippen LogP contribution is 2.76. The topological polar surface area (TPSA) is 26.3 Å². The Balaban J connectivity index is 1.59. The molecule has 0 radical (unpaired) electrons. The largest absolute Gasteiger partial charge is 0.462 e. The number of benzene rings is 1. The van der Waals surface area contributed by atoms with Gasteiger partial charge in [-0.2, -0.15) is 0 Å². The van der Waals surface area contributed by atoms with Gasteiger partial charge < -0.3 is 4.74 Å². The summed E-state index contributed by atoms with van der Waals surface area (Å²) in [7, 11) is 0. The average Bonchev–Trinajstić information content (AvgIpc) is 3.39. The fourth-order valence-corrected chi connectivity index (χ4v) is 10.4. The van der Waals surface area contributed by atoms with E-state index in [1.807, 2.05) is 19.1 Å². The van der Waals surface area contributed by atoms with Crippen LogP contribution in [0, 0.1) is 40.9 Å². The number of carbonyl (C=O) groups excluding carboxylic acids is 1. The first-order valence-corrected chi connectivity index (χ1v) is 16.0. The number of rotatable bonds is 5. The second-order valence-electron chi connectivity index (χ2n) is 14.7. The first-order chi connectivity index (χ1) is 19.6. The van der Waals surface area contributed by atoms with Gasteiger partial charge in [-0.05, 0) is 127 Å². The Morgan fingerprint density at radius 1 is 1.10 bits per heavy atom. The molecule has 2 nitrogen and oxygen atoms in total. The highest BCUT2D eigenvalue weighted by molar-refractivity contribution is 5.92. The molecular formula is C40H52O2. The van der Waals surface area contributed by atoms with Crippen LogP contribution in [0.4, 0.5) is 0 Å². The van der Waals surface area contributed by atoms with Crippen LogP contribution < -0.4 is 0 Å². The predicted molar refractivity (Wildman–Crippen MR) is 177 cm³/mol. The van der Waals surface area contributed by atoms with E-state index in [1.54, 1.807) is 0 Å². The first-order valence-electron chi connectivity index (χ1n) is 16.0. The molecule has 1 saturated carbocycles. The van der Waals surface area contributed by atoms with E-state index in [4.69, 9.17) is 17.9 Å². The molecule has 0 bridgehead atoms. The lowest BCUT2D eigenvalue weighted by atomic mass is 9.32. The van der Waals surface area contributed by atoms with E-state index in [-0.39, 0.29) is 22.2 Å². The molecule has 0 amide bonds. The average molecular weight is 565 g/mol. The Kier molecular flexibility index (Phi) is 7.36. The van der Waals surface area contributed by atoms with Gasteiger partial charge in [0.05, 0.1) is 12.2 Å². The van der Waals surface area contributed by atoms with E-state index in [0.29, 0.717) is 35.9 Å². The maximum atomic E-state index is 12.3. The normalized spacial score (nSPS) is 35.7. The number of hydrogen-bond donors (Lipinski definition) is 0. The van der Waals surface area contributed by atoms with Crippen molar-refractivity contribution >= 4 is 11.5 Å². The number of allylic oxidation sites excluding steroid dienone is 7. The van der Waals surface area contributed by atoms with Crippen LogP contribution in [0.2, 0.25) is 0 Å². The molecule has 1 aromatic carbocycles. The smallest absolute Gasteiger partial charge is 0.337 e. The van der Waals surface area contributed by atoms with Crippen molar-refractivity contribution < 1.29 is 9.53 Å². The third-order valence-electron chi connectivity index (χ3n) is 13.1. The van der Waals surface area contributed by atoms with Crippen LogP contribution in [0.15, 0.2) is 77.5 Å². The zero-order chi connectivity index (χ0) is 31.1. The molecule has 224 valence electrons. The molecule has 0 aromatic heterocycles. The zero-order valence-electron chi connectivity index (χ0n) is 27.9. The standard InChI is InChI=1S/C40H52O2/c1-14-42-37(41)32-16-15-30(20-32)19-31-17-18-33-26(7)39(12)29(10)38(11)21-23(4)34(22(2)3)27(8)40(38,13)28(9)36(39)25(6)35(33)24(31)5/h16-18,20,26,28-29,36H,2,6,8,14-15,19,21H2,1,3-5,7,9-13H3. The highest BCUT2D eigenvalue weighted by atomic mass is 16.5. The third kappa shape index (κ3) is 3.85. The molecule has 0 spiro atoms. The first kappa shape index (κ1) is 30.6. The number of ether oxygens (including phenoxy) is 1. The SMILES string of the molecule is C=C(C)C1=C(C)CC2(C)C(C)C3(C)C(C)c4ccc(CC5=CC(C(=O)OCC)=CC5)c(C)c4C(=C)C3C(C)C2(C)C1=C. The van der Waals surface area contributed by atoms with Gasteiger partial charge in [-0.3, -0.25) is 0 Å². The Bertz CT molecular complexity index is 1510. The summed E-state index contributed by atoms with van der Waals surface area (Å²) >= 11 is 0. The van der Waals surface area contributed by atoms with Gasteiger partial charge in [0.1, 0.15) is 0 Å². The second-order valence-corrected chi connectivity index (χ2v) is 14.7. The number of hydrogen-bond acceptors (Lipinski definition) is 2. The number of fused-ring (bicyclic) bond motifs is 3. The molecule has 5 rings (SSSR count). The molecule has 1 aromatic rings. The van der Waals surface area contributed by atoms with E-state index in [2.05, 4.69) is 81.0 Å². The summed E-state index contributed by atoms with van der Waals surface area (Å²) < 4.78 is 5.24.